The summed E-state index contributed by atoms with van der Waals surface area (Å²) < 4.78 is 21.5. The highest BCUT2D eigenvalue weighted by Crippen LogP contribution is 2.44. The van der Waals surface area contributed by atoms with Crippen molar-refractivity contribution < 1.29 is 28.5 Å². The second-order valence-corrected chi connectivity index (χ2v) is 6.67. The third-order valence-corrected chi connectivity index (χ3v) is 4.60. The van der Waals surface area contributed by atoms with E-state index in [0.29, 0.717) is 33.0 Å². The first-order chi connectivity index (χ1) is 15.1. The van der Waals surface area contributed by atoms with Crippen LogP contribution in [-0.2, 0) is 9.47 Å². The Kier molecular flexibility index (Phi) is 7.27. The number of allylic oxidation sites excluding steroid dienone is 2. The molecule has 3 aromatic carbocycles. The zero-order valence-electron chi connectivity index (χ0n) is 17.7. The van der Waals surface area contributed by atoms with Crippen molar-refractivity contribution in [2.45, 2.75) is 20.8 Å². The van der Waals surface area contributed by atoms with Gasteiger partial charge in [0.05, 0.1) is 0 Å². The molecule has 0 radical (unpaired) electrons. The van der Waals surface area contributed by atoms with Gasteiger partial charge in [-0.3, -0.25) is 0 Å². The van der Waals surface area contributed by atoms with E-state index >= 15 is 0 Å². The van der Waals surface area contributed by atoms with E-state index in [1.807, 2.05) is 45.0 Å². The van der Waals surface area contributed by atoms with Crippen LogP contribution in [0.15, 0.2) is 66.8 Å². The number of aryl methyl sites for hydroxylation is 1. The van der Waals surface area contributed by atoms with Crippen LogP contribution in [0.5, 0.6) is 11.5 Å². The average molecular weight is 420 g/mol. The van der Waals surface area contributed by atoms with Crippen molar-refractivity contribution in [2.75, 3.05) is 13.2 Å². The molecule has 0 spiro atoms. The van der Waals surface area contributed by atoms with E-state index in [-0.39, 0.29) is 13.2 Å². The van der Waals surface area contributed by atoms with Crippen LogP contribution in [0.3, 0.4) is 0 Å². The van der Waals surface area contributed by atoms with Crippen molar-refractivity contribution in [3.8, 4) is 11.5 Å². The largest absolute Gasteiger partial charge is 0.514 e. The molecule has 0 unspecified atom stereocenters. The van der Waals surface area contributed by atoms with Gasteiger partial charge in [-0.15, -0.1) is 0 Å². The van der Waals surface area contributed by atoms with E-state index in [2.05, 4.69) is 0 Å². The van der Waals surface area contributed by atoms with Crippen LogP contribution in [-0.4, -0.2) is 25.5 Å². The molecule has 0 aliphatic rings. The number of benzene rings is 3. The summed E-state index contributed by atoms with van der Waals surface area (Å²) in [5.41, 5.74) is 0.853. The van der Waals surface area contributed by atoms with Crippen LogP contribution in [0.1, 0.15) is 19.4 Å². The van der Waals surface area contributed by atoms with Gasteiger partial charge in [0.25, 0.3) is 0 Å². The number of hydrogen-bond donors (Lipinski definition) is 0. The summed E-state index contributed by atoms with van der Waals surface area (Å²) in [7, 11) is 0. The monoisotopic (exact) mass is 420 g/mol. The molecule has 3 rings (SSSR count). The van der Waals surface area contributed by atoms with Crippen LogP contribution in [0.25, 0.3) is 21.5 Å². The quantitative estimate of drug-likeness (QED) is 0.197. The molecule has 0 atom stereocenters. The molecule has 0 aromatic heterocycles. The highest BCUT2D eigenvalue weighted by atomic mass is 16.7. The molecule has 0 fully saturated rings. The minimum absolute atomic E-state index is 0.115. The summed E-state index contributed by atoms with van der Waals surface area (Å²) in [6, 6.07) is 12.8. The van der Waals surface area contributed by atoms with E-state index in [1.165, 1.54) is 0 Å². The van der Waals surface area contributed by atoms with Crippen LogP contribution in [0.4, 0.5) is 9.59 Å². The molecule has 3 aromatic rings. The molecule has 6 heteroatoms. The number of carbonyl (C=O) groups excluding carboxylic acids is 2. The van der Waals surface area contributed by atoms with Crippen LogP contribution in [0.2, 0.25) is 0 Å². The lowest BCUT2D eigenvalue weighted by atomic mass is 9.97. The predicted molar refractivity (Wildman–Crippen MR) is 120 cm³/mol. The zero-order chi connectivity index (χ0) is 22.2. The van der Waals surface area contributed by atoms with E-state index in [0.717, 1.165) is 5.56 Å². The second kappa shape index (κ2) is 10.3. The Bertz CT molecular complexity index is 1160. The molecule has 160 valence electrons. The van der Waals surface area contributed by atoms with E-state index in [9.17, 15) is 9.59 Å². The smallest absolute Gasteiger partial charge is 0.430 e. The topological polar surface area (TPSA) is 71.1 Å². The zero-order valence-corrected chi connectivity index (χ0v) is 17.7. The second-order valence-electron chi connectivity index (χ2n) is 6.67. The van der Waals surface area contributed by atoms with Gasteiger partial charge in [0.15, 0.2) is 5.75 Å². The maximum Gasteiger partial charge on any atom is 0.514 e. The molecular weight excluding hydrogens is 396 g/mol. The number of carbonyl (C=O) groups is 2. The Hall–Kier alpha value is -3.80. The van der Waals surface area contributed by atoms with Crippen molar-refractivity contribution in [3.63, 3.8) is 0 Å². The van der Waals surface area contributed by atoms with Gasteiger partial charge >= 0.3 is 12.3 Å². The number of hydrogen-bond acceptors (Lipinski definition) is 6. The Morgan fingerprint density at radius 1 is 0.742 bits per heavy atom. The van der Waals surface area contributed by atoms with Gasteiger partial charge in [-0.1, -0.05) is 66.8 Å². The van der Waals surface area contributed by atoms with Gasteiger partial charge in [0, 0.05) is 21.5 Å². The molecular formula is C25H24O6. The van der Waals surface area contributed by atoms with Gasteiger partial charge in [0.2, 0.25) is 0 Å². The summed E-state index contributed by atoms with van der Waals surface area (Å²) in [6.07, 6.45) is 5.35. The highest BCUT2D eigenvalue weighted by Gasteiger charge is 2.22. The first-order valence-corrected chi connectivity index (χ1v) is 9.92. The Morgan fingerprint density at radius 3 is 1.84 bits per heavy atom. The van der Waals surface area contributed by atoms with Gasteiger partial charge < -0.3 is 18.9 Å². The van der Waals surface area contributed by atoms with Crippen LogP contribution >= 0.6 is 0 Å². The van der Waals surface area contributed by atoms with Crippen molar-refractivity contribution in [3.05, 3.63) is 72.3 Å². The van der Waals surface area contributed by atoms with Crippen LogP contribution in [0, 0.1) is 6.92 Å². The Morgan fingerprint density at radius 2 is 1.26 bits per heavy atom. The SMILES string of the molecule is C/C=C/COC(=O)Oc1c2ccccc2c(OC(=O)OC/C=C/C)c2c(C)cccc12. The lowest BCUT2D eigenvalue weighted by Gasteiger charge is -2.17. The molecule has 0 bridgehead atoms. The van der Waals surface area contributed by atoms with Gasteiger partial charge in [-0.2, -0.15) is 0 Å². The summed E-state index contributed by atoms with van der Waals surface area (Å²) in [5, 5.41) is 2.50. The maximum absolute atomic E-state index is 12.3. The van der Waals surface area contributed by atoms with Crippen LogP contribution < -0.4 is 9.47 Å². The molecule has 0 heterocycles. The van der Waals surface area contributed by atoms with Gasteiger partial charge in [-0.05, 0) is 26.3 Å². The molecule has 0 N–H and O–H groups in total. The van der Waals surface area contributed by atoms with Crippen molar-refractivity contribution in [2.24, 2.45) is 0 Å². The molecule has 6 nitrogen and oxygen atoms in total. The van der Waals surface area contributed by atoms with E-state index in [4.69, 9.17) is 18.9 Å². The first kappa shape index (κ1) is 21.9. The predicted octanol–water partition coefficient (Wildman–Crippen LogP) is 6.48. The lowest BCUT2D eigenvalue weighted by Crippen LogP contribution is -2.13. The minimum Gasteiger partial charge on any atom is -0.430 e. The lowest BCUT2D eigenvalue weighted by molar-refractivity contribution is 0.109. The maximum atomic E-state index is 12.3. The van der Waals surface area contributed by atoms with Crippen molar-refractivity contribution >= 4 is 33.9 Å². The van der Waals surface area contributed by atoms with E-state index in [1.54, 1.807) is 42.5 Å². The third kappa shape index (κ3) is 5.04. The number of fused-ring (bicyclic) bond motifs is 2. The normalized spacial score (nSPS) is 11.3. The van der Waals surface area contributed by atoms with E-state index < -0.39 is 12.3 Å². The standard InChI is InChI=1S/C25H24O6/c1-4-6-15-28-24(26)30-22-18-12-8-9-13-19(18)23(31-25(27)29-16-7-5-2)21-17(3)11-10-14-20(21)22/h4-14H,15-16H2,1-3H3/b6-4+,7-5+. The molecule has 0 saturated heterocycles. The molecule has 31 heavy (non-hydrogen) atoms. The molecule has 0 aliphatic heterocycles. The molecule has 0 amide bonds. The molecule has 0 aliphatic carbocycles. The Labute approximate surface area is 180 Å². The van der Waals surface area contributed by atoms with Gasteiger partial charge in [-0.25, -0.2) is 9.59 Å². The summed E-state index contributed by atoms with van der Waals surface area (Å²) in [6.45, 7) is 5.79. The Balaban J connectivity index is 2.12. The first-order valence-electron chi connectivity index (χ1n) is 9.92. The fourth-order valence-corrected chi connectivity index (χ4v) is 3.18. The van der Waals surface area contributed by atoms with Crippen molar-refractivity contribution in [1.29, 1.82) is 0 Å². The molecule has 0 saturated carbocycles. The summed E-state index contributed by atoms with van der Waals surface area (Å²) in [5.74, 6) is 0.693. The number of rotatable bonds is 6. The fourth-order valence-electron chi connectivity index (χ4n) is 3.18. The fraction of sp³-hybridized carbons (Fsp3) is 0.200. The average Bonchev–Trinajstić information content (AvgIpc) is 2.76. The summed E-state index contributed by atoms with van der Waals surface area (Å²) in [4.78, 5) is 24.6. The number of ether oxygens (including phenoxy) is 4. The van der Waals surface area contributed by atoms with Gasteiger partial charge in [0.1, 0.15) is 19.0 Å². The third-order valence-electron chi connectivity index (χ3n) is 4.60. The van der Waals surface area contributed by atoms with Crippen molar-refractivity contribution in [1.82, 2.24) is 0 Å². The minimum atomic E-state index is -0.814. The summed E-state index contributed by atoms with van der Waals surface area (Å²) >= 11 is 0. The highest BCUT2D eigenvalue weighted by molar-refractivity contribution is 6.13.